The summed E-state index contributed by atoms with van der Waals surface area (Å²) in [5.41, 5.74) is 2.44. The molecule has 3 aromatic rings. The Morgan fingerprint density at radius 3 is 2.79 bits per heavy atom. The van der Waals surface area contributed by atoms with Crippen LogP contribution >= 0.6 is 23.1 Å². The molecule has 1 saturated carbocycles. The molecule has 0 saturated heterocycles. The third-order valence-corrected chi connectivity index (χ3v) is 8.67. The van der Waals surface area contributed by atoms with E-state index in [1.165, 1.54) is 28.0 Å². The average Bonchev–Trinajstić information content (AvgIpc) is 3.46. The molecule has 2 heterocycles. The molecule has 2 aromatic heterocycles. The van der Waals surface area contributed by atoms with Crippen molar-refractivity contribution >= 4 is 40.0 Å². The Balaban J connectivity index is 1.46. The van der Waals surface area contributed by atoms with Gasteiger partial charge in [0.15, 0.2) is 5.16 Å². The molecule has 0 aliphatic heterocycles. The Morgan fingerprint density at radius 2 is 2.06 bits per heavy atom. The molecule has 9 heteroatoms. The SMILES string of the molecule is CCOC(=O)c1c(NC(=O)[C@@H](Sc2nncn2C2CC2)c2ccccc2)sc2c1CC[C@H](C)C2. The first kappa shape index (κ1) is 23.1. The summed E-state index contributed by atoms with van der Waals surface area (Å²) >= 11 is 2.91. The van der Waals surface area contributed by atoms with Crippen LogP contribution < -0.4 is 5.32 Å². The highest BCUT2D eigenvalue weighted by Crippen LogP contribution is 2.43. The molecule has 0 bridgehead atoms. The summed E-state index contributed by atoms with van der Waals surface area (Å²) in [5, 5.41) is 12.3. The minimum Gasteiger partial charge on any atom is -0.462 e. The Hall–Kier alpha value is -2.65. The number of thioether (sulfide) groups is 1. The van der Waals surface area contributed by atoms with Crippen LogP contribution in [0.4, 0.5) is 5.00 Å². The molecule has 7 nitrogen and oxygen atoms in total. The number of carbonyl (C=O) groups excluding carboxylic acids is 2. The van der Waals surface area contributed by atoms with Crippen molar-refractivity contribution in [2.24, 2.45) is 5.92 Å². The zero-order chi connectivity index (χ0) is 23.7. The minimum atomic E-state index is -0.531. The van der Waals surface area contributed by atoms with Crippen LogP contribution in [0.15, 0.2) is 41.8 Å². The number of esters is 1. The maximum atomic E-state index is 13.7. The van der Waals surface area contributed by atoms with Crippen LogP contribution in [0.5, 0.6) is 0 Å². The van der Waals surface area contributed by atoms with E-state index in [9.17, 15) is 9.59 Å². The quantitative estimate of drug-likeness (QED) is 0.330. The fraction of sp³-hybridized carbons (Fsp3) is 0.440. The van der Waals surface area contributed by atoms with Crippen LogP contribution in [0.3, 0.4) is 0 Å². The molecule has 2 atom stereocenters. The number of carbonyl (C=O) groups is 2. The lowest BCUT2D eigenvalue weighted by atomic mass is 9.88. The van der Waals surface area contributed by atoms with E-state index in [4.69, 9.17) is 4.74 Å². The highest BCUT2D eigenvalue weighted by atomic mass is 32.2. The van der Waals surface area contributed by atoms with Gasteiger partial charge in [0.1, 0.15) is 16.6 Å². The van der Waals surface area contributed by atoms with Gasteiger partial charge in [0.25, 0.3) is 0 Å². The number of thiophene rings is 1. The number of hydrogen-bond donors (Lipinski definition) is 1. The Morgan fingerprint density at radius 1 is 1.26 bits per heavy atom. The summed E-state index contributed by atoms with van der Waals surface area (Å²) in [7, 11) is 0. The minimum absolute atomic E-state index is 0.182. The monoisotopic (exact) mass is 496 g/mol. The number of hydrogen-bond acceptors (Lipinski definition) is 7. The second-order valence-electron chi connectivity index (χ2n) is 8.93. The van der Waals surface area contributed by atoms with Crippen LogP contribution in [0.2, 0.25) is 0 Å². The van der Waals surface area contributed by atoms with Gasteiger partial charge in [-0.05, 0) is 56.1 Å². The number of amides is 1. The molecule has 2 aliphatic rings. The topological polar surface area (TPSA) is 86.1 Å². The van der Waals surface area contributed by atoms with E-state index >= 15 is 0 Å². The molecule has 1 amide bonds. The molecular formula is C25H28N4O3S2. The molecule has 1 aromatic carbocycles. The number of ether oxygens (including phenoxy) is 1. The average molecular weight is 497 g/mol. The predicted octanol–water partition coefficient (Wildman–Crippen LogP) is 5.45. The van der Waals surface area contributed by atoms with Crippen LogP contribution in [0, 0.1) is 5.92 Å². The Kier molecular flexibility index (Phi) is 6.74. The van der Waals surface area contributed by atoms with Gasteiger partial charge in [-0.15, -0.1) is 21.5 Å². The number of benzene rings is 1. The van der Waals surface area contributed by atoms with E-state index in [0.717, 1.165) is 48.4 Å². The molecule has 2 aliphatic carbocycles. The number of nitrogens with zero attached hydrogens (tertiary/aromatic N) is 3. The van der Waals surface area contributed by atoms with Crippen LogP contribution in [0.1, 0.15) is 70.8 Å². The second-order valence-corrected chi connectivity index (χ2v) is 11.1. The van der Waals surface area contributed by atoms with Gasteiger partial charge in [0, 0.05) is 10.9 Å². The van der Waals surface area contributed by atoms with Crippen molar-refractivity contribution in [2.45, 2.75) is 62.4 Å². The highest BCUT2D eigenvalue weighted by molar-refractivity contribution is 8.00. The normalized spacial score (nSPS) is 18.2. The summed E-state index contributed by atoms with van der Waals surface area (Å²) in [6.45, 7) is 4.32. The van der Waals surface area contributed by atoms with E-state index < -0.39 is 5.25 Å². The van der Waals surface area contributed by atoms with Crippen molar-refractivity contribution < 1.29 is 14.3 Å². The van der Waals surface area contributed by atoms with Gasteiger partial charge < -0.3 is 14.6 Å². The zero-order valence-electron chi connectivity index (χ0n) is 19.3. The summed E-state index contributed by atoms with van der Waals surface area (Å²) in [6.07, 6.45) is 6.74. The van der Waals surface area contributed by atoms with Gasteiger partial charge in [-0.1, -0.05) is 49.0 Å². The molecule has 178 valence electrons. The fourth-order valence-electron chi connectivity index (χ4n) is 4.36. The summed E-state index contributed by atoms with van der Waals surface area (Å²) in [5.74, 6) is 0.0205. The zero-order valence-corrected chi connectivity index (χ0v) is 21.0. The number of anilines is 1. The van der Waals surface area contributed by atoms with Crippen LogP contribution in [0.25, 0.3) is 0 Å². The Labute approximate surface area is 207 Å². The van der Waals surface area contributed by atoms with E-state index in [1.54, 1.807) is 13.3 Å². The molecule has 5 rings (SSSR count). The summed E-state index contributed by atoms with van der Waals surface area (Å²) < 4.78 is 7.43. The number of fused-ring (bicyclic) bond motifs is 1. The first-order valence-corrected chi connectivity index (χ1v) is 13.5. The van der Waals surface area contributed by atoms with Crippen molar-refractivity contribution in [2.75, 3.05) is 11.9 Å². The molecule has 34 heavy (non-hydrogen) atoms. The lowest BCUT2D eigenvalue weighted by Gasteiger charge is -2.18. The number of nitrogens with one attached hydrogen (secondary N) is 1. The molecule has 0 unspecified atom stereocenters. The first-order valence-electron chi connectivity index (χ1n) is 11.8. The van der Waals surface area contributed by atoms with E-state index in [2.05, 4.69) is 27.0 Å². The van der Waals surface area contributed by atoms with Gasteiger partial charge in [0.2, 0.25) is 5.91 Å². The molecule has 1 fully saturated rings. The van der Waals surface area contributed by atoms with Crippen LogP contribution in [-0.4, -0.2) is 33.2 Å². The summed E-state index contributed by atoms with van der Waals surface area (Å²) in [4.78, 5) is 27.8. The van der Waals surface area contributed by atoms with E-state index in [0.29, 0.717) is 29.1 Å². The molecule has 0 radical (unpaired) electrons. The summed E-state index contributed by atoms with van der Waals surface area (Å²) in [6, 6.07) is 10.1. The number of aromatic nitrogens is 3. The van der Waals surface area contributed by atoms with Crippen molar-refractivity contribution in [3.8, 4) is 0 Å². The Bertz CT molecular complexity index is 1190. The van der Waals surface area contributed by atoms with Gasteiger partial charge in [-0.2, -0.15) is 0 Å². The largest absolute Gasteiger partial charge is 0.462 e. The fourth-order valence-corrected chi connectivity index (χ4v) is 6.85. The first-order chi connectivity index (χ1) is 16.5. The lowest BCUT2D eigenvalue weighted by Crippen LogP contribution is -2.21. The van der Waals surface area contributed by atoms with Gasteiger partial charge in [0.05, 0.1) is 12.2 Å². The third-order valence-electron chi connectivity index (χ3n) is 6.27. The maximum Gasteiger partial charge on any atom is 0.341 e. The van der Waals surface area contributed by atoms with Crippen LogP contribution in [-0.2, 0) is 22.4 Å². The predicted molar refractivity (Wildman–Crippen MR) is 133 cm³/mol. The van der Waals surface area contributed by atoms with E-state index in [1.807, 2.05) is 30.3 Å². The molecular weight excluding hydrogens is 468 g/mol. The van der Waals surface area contributed by atoms with Gasteiger partial charge in [-0.3, -0.25) is 4.79 Å². The van der Waals surface area contributed by atoms with Crippen molar-refractivity contribution in [3.63, 3.8) is 0 Å². The smallest absolute Gasteiger partial charge is 0.341 e. The second kappa shape index (κ2) is 9.92. The van der Waals surface area contributed by atoms with Gasteiger partial charge >= 0.3 is 5.97 Å². The van der Waals surface area contributed by atoms with E-state index in [-0.39, 0.29) is 11.9 Å². The van der Waals surface area contributed by atoms with Crippen molar-refractivity contribution in [3.05, 3.63) is 58.2 Å². The van der Waals surface area contributed by atoms with Crippen molar-refractivity contribution in [1.29, 1.82) is 0 Å². The maximum absolute atomic E-state index is 13.7. The lowest BCUT2D eigenvalue weighted by molar-refractivity contribution is -0.115. The standard InChI is InChI=1S/C25H28N4O3S2/c1-3-32-24(31)20-18-12-9-15(2)13-19(18)33-23(20)27-22(30)21(16-7-5-4-6-8-16)34-25-28-26-14-29(25)17-10-11-17/h4-8,14-15,17,21H,3,9-13H2,1-2H3,(H,27,30)/t15-,21-/m0/s1. The molecule has 0 spiro atoms. The number of rotatable bonds is 8. The third kappa shape index (κ3) is 4.77. The van der Waals surface area contributed by atoms with Crippen molar-refractivity contribution in [1.82, 2.24) is 14.8 Å². The molecule has 1 N–H and O–H groups in total. The highest BCUT2D eigenvalue weighted by Gasteiger charge is 2.33. The van der Waals surface area contributed by atoms with Gasteiger partial charge in [-0.25, -0.2) is 4.79 Å².